The van der Waals surface area contributed by atoms with Gasteiger partial charge < -0.3 is 23.9 Å². The molecular weight excluding hydrogens is 446 g/mol. The first-order valence-electron chi connectivity index (χ1n) is 11.7. The number of carbonyl (C=O) groups excluding carboxylic acids is 2. The lowest BCUT2D eigenvalue weighted by Gasteiger charge is -2.24. The molecule has 1 aromatic heterocycles. The fraction of sp³-hybridized carbons (Fsp3) is 0.286. The zero-order valence-electron chi connectivity index (χ0n) is 20.1. The van der Waals surface area contributed by atoms with Crippen LogP contribution in [0.1, 0.15) is 43.7 Å². The molecule has 2 aromatic carbocycles. The van der Waals surface area contributed by atoms with Gasteiger partial charge in [-0.25, -0.2) is 0 Å². The van der Waals surface area contributed by atoms with Gasteiger partial charge in [0.2, 0.25) is 0 Å². The molecule has 1 atom stereocenters. The monoisotopic (exact) mass is 475 g/mol. The van der Waals surface area contributed by atoms with Gasteiger partial charge in [-0.1, -0.05) is 38.1 Å². The highest BCUT2D eigenvalue weighted by Gasteiger charge is 2.46. The first kappa shape index (κ1) is 24.1. The maximum absolute atomic E-state index is 13.2. The van der Waals surface area contributed by atoms with E-state index < -0.39 is 17.7 Å². The predicted molar refractivity (Wildman–Crippen MR) is 131 cm³/mol. The Balaban J connectivity index is 1.78. The molecule has 7 heteroatoms. The predicted octanol–water partition coefficient (Wildman–Crippen LogP) is 5.34. The summed E-state index contributed by atoms with van der Waals surface area (Å²) in [6.07, 6.45) is 1.51. The van der Waals surface area contributed by atoms with Crippen molar-refractivity contribution >= 4 is 17.4 Å². The molecular formula is C28H29NO6. The first-order valence-corrected chi connectivity index (χ1v) is 11.7. The first-order chi connectivity index (χ1) is 16.9. The van der Waals surface area contributed by atoms with E-state index in [1.54, 1.807) is 60.7 Å². The molecule has 0 bridgehead atoms. The molecule has 0 spiro atoms. The van der Waals surface area contributed by atoms with Gasteiger partial charge in [-0.3, -0.25) is 9.59 Å². The summed E-state index contributed by atoms with van der Waals surface area (Å²) in [7, 11) is 0. The second kappa shape index (κ2) is 10.5. The highest BCUT2D eigenvalue weighted by molar-refractivity contribution is 6.46. The maximum atomic E-state index is 13.2. The van der Waals surface area contributed by atoms with Gasteiger partial charge in [0, 0.05) is 5.56 Å². The molecule has 1 aliphatic rings. The van der Waals surface area contributed by atoms with Gasteiger partial charge in [0.25, 0.3) is 11.7 Å². The third kappa shape index (κ3) is 5.24. The minimum atomic E-state index is -0.795. The Morgan fingerprint density at radius 2 is 1.80 bits per heavy atom. The van der Waals surface area contributed by atoms with Crippen molar-refractivity contribution in [1.82, 2.24) is 4.90 Å². The SMILES string of the molecule is CCOc1ccc(C2/C(=C(/O)c3cccc(OCC(C)C)c3)C(=O)C(=O)N2Cc2ccco2)cc1. The van der Waals surface area contributed by atoms with Crippen LogP contribution in [0.2, 0.25) is 0 Å². The zero-order valence-corrected chi connectivity index (χ0v) is 20.1. The smallest absolute Gasteiger partial charge is 0.296 e. The fourth-order valence-electron chi connectivity index (χ4n) is 4.02. The topological polar surface area (TPSA) is 89.2 Å². The minimum absolute atomic E-state index is 0.0201. The average Bonchev–Trinajstić information content (AvgIpc) is 3.46. The van der Waals surface area contributed by atoms with E-state index in [0.29, 0.717) is 47.5 Å². The van der Waals surface area contributed by atoms with Crippen LogP contribution in [-0.4, -0.2) is 34.9 Å². The normalized spacial score (nSPS) is 17.3. The van der Waals surface area contributed by atoms with Gasteiger partial charge in [0.15, 0.2) is 0 Å². The van der Waals surface area contributed by atoms with Crippen molar-refractivity contribution in [1.29, 1.82) is 0 Å². The molecule has 1 fully saturated rings. The number of amides is 1. The summed E-state index contributed by atoms with van der Waals surface area (Å²) >= 11 is 0. The lowest BCUT2D eigenvalue weighted by Crippen LogP contribution is -2.29. The van der Waals surface area contributed by atoms with Crippen LogP contribution in [0.25, 0.3) is 5.76 Å². The number of rotatable bonds is 9. The molecule has 7 nitrogen and oxygen atoms in total. The van der Waals surface area contributed by atoms with E-state index in [0.717, 1.165) is 0 Å². The van der Waals surface area contributed by atoms with Crippen molar-refractivity contribution in [2.24, 2.45) is 5.92 Å². The van der Waals surface area contributed by atoms with Gasteiger partial charge in [0.05, 0.1) is 37.6 Å². The number of carbonyl (C=O) groups is 2. The Morgan fingerprint density at radius 3 is 2.46 bits per heavy atom. The van der Waals surface area contributed by atoms with Crippen LogP contribution in [0.5, 0.6) is 11.5 Å². The Bertz CT molecular complexity index is 1210. The third-order valence-corrected chi connectivity index (χ3v) is 5.64. The molecule has 1 saturated heterocycles. The van der Waals surface area contributed by atoms with Crippen LogP contribution in [0.4, 0.5) is 0 Å². The highest BCUT2D eigenvalue weighted by Crippen LogP contribution is 2.41. The number of benzene rings is 2. The fourth-order valence-corrected chi connectivity index (χ4v) is 4.02. The van der Waals surface area contributed by atoms with E-state index in [9.17, 15) is 14.7 Å². The number of hydrogen-bond donors (Lipinski definition) is 1. The van der Waals surface area contributed by atoms with E-state index in [1.807, 2.05) is 20.8 Å². The molecule has 0 aliphatic carbocycles. The summed E-state index contributed by atoms with van der Waals surface area (Å²) in [4.78, 5) is 27.7. The van der Waals surface area contributed by atoms with Crippen LogP contribution in [-0.2, 0) is 16.1 Å². The number of furan rings is 1. The van der Waals surface area contributed by atoms with Crippen molar-refractivity contribution < 1.29 is 28.6 Å². The highest BCUT2D eigenvalue weighted by atomic mass is 16.5. The second-order valence-corrected chi connectivity index (χ2v) is 8.74. The van der Waals surface area contributed by atoms with Gasteiger partial charge >= 0.3 is 0 Å². The lowest BCUT2D eigenvalue weighted by molar-refractivity contribution is -0.140. The number of hydrogen-bond acceptors (Lipinski definition) is 6. The largest absolute Gasteiger partial charge is 0.507 e. The van der Waals surface area contributed by atoms with E-state index in [4.69, 9.17) is 13.9 Å². The van der Waals surface area contributed by atoms with Crippen molar-refractivity contribution in [2.75, 3.05) is 13.2 Å². The molecule has 182 valence electrons. The lowest BCUT2D eigenvalue weighted by atomic mass is 9.95. The van der Waals surface area contributed by atoms with E-state index >= 15 is 0 Å². The van der Waals surface area contributed by atoms with Crippen LogP contribution in [0, 0.1) is 5.92 Å². The molecule has 1 N–H and O–H groups in total. The summed E-state index contributed by atoms with van der Waals surface area (Å²) in [6, 6.07) is 16.7. The molecule has 1 aliphatic heterocycles. The molecule has 4 rings (SSSR count). The Morgan fingerprint density at radius 1 is 1.03 bits per heavy atom. The van der Waals surface area contributed by atoms with Crippen LogP contribution in [0.15, 0.2) is 76.9 Å². The number of ether oxygens (including phenoxy) is 2. The number of aliphatic hydroxyl groups is 1. The Kier molecular flexibility index (Phi) is 7.25. The number of aliphatic hydroxyl groups excluding tert-OH is 1. The van der Waals surface area contributed by atoms with Crippen molar-refractivity contribution in [2.45, 2.75) is 33.4 Å². The maximum Gasteiger partial charge on any atom is 0.296 e. The summed E-state index contributed by atoms with van der Waals surface area (Å²) in [5.74, 6) is 0.417. The zero-order chi connectivity index (χ0) is 24.9. The number of Topliss-reactive ketones (excluding diaryl/α,β-unsaturated/α-hetero) is 1. The van der Waals surface area contributed by atoms with Crippen LogP contribution < -0.4 is 9.47 Å². The van der Waals surface area contributed by atoms with E-state index in [2.05, 4.69) is 0 Å². The summed E-state index contributed by atoms with van der Waals surface area (Å²) in [5.41, 5.74) is 1.10. The molecule has 2 heterocycles. The third-order valence-electron chi connectivity index (χ3n) is 5.64. The number of ketones is 1. The standard InChI is InChI=1S/C28H29NO6/c1-4-33-21-12-10-19(11-13-21)25-24(27(31)28(32)29(25)16-23-9-6-14-34-23)26(30)20-7-5-8-22(15-20)35-17-18(2)3/h5-15,18,25,30H,4,16-17H2,1-3H3/b26-24-. The molecule has 1 unspecified atom stereocenters. The average molecular weight is 476 g/mol. The van der Waals surface area contributed by atoms with Crippen LogP contribution >= 0.6 is 0 Å². The summed E-state index contributed by atoms with van der Waals surface area (Å²) in [6.45, 7) is 7.10. The second-order valence-electron chi connectivity index (χ2n) is 8.74. The molecule has 3 aromatic rings. The number of nitrogens with zero attached hydrogens (tertiary/aromatic N) is 1. The van der Waals surface area contributed by atoms with Gasteiger partial charge in [0.1, 0.15) is 23.0 Å². The summed E-state index contributed by atoms with van der Waals surface area (Å²) in [5, 5.41) is 11.3. The minimum Gasteiger partial charge on any atom is -0.507 e. The Labute approximate surface area is 204 Å². The molecule has 0 saturated carbocycles. The van der Waals surface area contributed by atoms with Crippen molar-refractivity contribution in [3.63, 3.8) is 0 Å². The summed E-state index contributed by atoms with van der Waals surface area (Å²) < 4.78 is 16.8. The Hall–Kier alpha value is -4.00. The van der Waals surface area contributed by atoms with E-state index in [-0.39, 0.29) is 17.9 Å². The van der Waals surface area contributed by atoms with Crippen molar-refractivity contribution in [3.05, 3.63) is 89.4 Å². The van der Waals surface area contributed by atoms with Gasteiger partial charge in [-0.15, -0.1) is 0 Å². The van der Waals surface area contributed by atoms with Gasteiger partial charge in [-0.2, -0.15) is 0 Å². The molecule has 0 radical (unpaired) electrons. The van der Waals surface area contributed by atoms with Crippen LogP contribution in [0.3, 0.4) is 0 Å². The van der Waals surface area contributed by atoms with Gasteiger partial charge in [-0.05, 0) is 54.8 Å². The number of likely N-dealkylation sites (tertiary alicyclic amines) is 1. The molecule has 1 amide bonds. The molecule has 35 heavy (non-hydrogen) atoms. The van der Waals surface area contributed by atoms with E-state index in [1.165, 1.54) is 11.2 Å². The quantitative estimate of drug-likeness (QED) is 0.255. The van der Waals surface area contributed by atoms with Crippen molar-refractivity contribution in [3.8, 4) is 11.5 Å².